The fourth-order valence-corrected chi connectivity index (χ4v) is 3.42. The van der Waals surface area contributed by atoms with Crippen LogP contribution in [0.4, 0.5) is 0 Å². The van der Waals surface area contributed by atoms with Crippen LogP contribution in [0.2, 0.25) is 0 Å². The van der Waals surface area contributed by atoms with Crippen molar-refractivity contribution in [3.8, 4) is 0 Å². The number of nitrogens with zero attached hydrogens (tertiary/aromatic N) is 1. The minimum Gasteiger partial charge on any atom is -0.389 e. The van der Waals surface area contributed by atoms with Gasteiger partial charge < -0.3 is 15.2 Å². The van der Waals surface area contributed by atoms with E-state index in [4.69, 9.17) is 4.74 Å². The number of thiazole rings is 1. The summed E-state index contributed by atoms with van der Waals surface area (Å²) >= 11 is 3.43. The van der Waals surface area contributed by atoms with Crippen LogP contribution in [-0.2, 0) is 17.6 Å². The highest BCUT2D eigenvalue weighted by Gasteiger charge is 2.05. The van der Waals surface area contributed by atoms with E-state index in [0.717, 1.165) is 25.1 Å². The largest absolute Gasteiger partial charge is 0.389 e. The second-order valence-corrected chi connectivity index (χ2v) is 6.84. The van der Waals surface area contributed by atoms with E-state index in [9.17, 15) is 5.11 Å². The Morgan fingerprint density at radius 2 is 2.29 bits per heavy atom. The van der Waals surface area contributed by atoms with Crippen LogP contribution < -0.4 is 5.32 Å². The molecule has 6 heteroatoms. The minimum absolute atomic E-state index is 0.379. The fourth-order valence-electron chi connectivity index (χ4n) is 1.94. The van der Waals surface area contributed by atoms with Gasteiger partial charge in [-0.15, -0.1) is 22.7 Å². The van der Waals surface area contributed by atoms with Gasteiger partial charge in [0.15, 0.2) is 0 Å². The molecule has 0 bridgehead atoms. The molecule has 21 heavy (non-hydrogen) atoms. The third-order valence-corrected chi connectivity index (χ3v) is 5.07. The maximum absolute atomic E-state index is 9.82. The zero-order valence-electron chi connectivity index (χ0n) is 12.2. The first-order valence-corrected chi connectivity index (χ1v) is 8.89. The maximum Gasteiger partial charge on any atom is 0.0897 e. The Bertz CT molecular complexity index is 500. The number of aromatic nitrogens is 1. The van der Waals surface area contributed by atoms with E-state index in [0.29, 0.717) is 19.8 Å². The maximum atomic E-state index is 9.82. The topological polar surface area (TPSA) is 54.4 Å². The van der Waals surface area contributed by atoms with E-state index in [1.165, 1.54) is 9.75 Å². The van der Waals surface area contributed by atoms with Crippen LogP contribution in [0, 0.1) is 6.92 Å². The van der Waals surface area contributed by atoms with Crippen LogP contribution in [-0.4, -0.2) is 42.5 Å². The highest BCUT2D eigenvalue weighted by atomic mass is 32.1. The summed E-state index contributed by atoms with van der Waals surface area (Å²) in [6.45, 7) is 4.49. The van der Waals surface area contributed by atoms with E-state index < -0.39 is 6.10 Å². The van der Waals surface area contributed by atoms with Crippen molar-refractivity contribution in [2.45, 2.75) is 25.9 Å². The number of nitrogens with one attached hydrogen (secondary N) is 1. The molecule has 2 N–H and O–H groups in total. The van der Waals surface area contributed by atoms with Crippen molar-refractivity contribution in [2.24, 2.45) is 0 Å². The Morgan fingerprint density at radius 1 is 1.38 bits per heavy atom. The molecule has 4 nitrogen and oxygen atoms in total. The quantitative estimate of drug-likeness (QED) is 0.658. The molecule has 2 heterocycles. The minimum atomic E-state index is -0.448. The van der Waals surface area contributed by atoms with Gasteiger partial charge in [0.05, 0.1) is 30.5 Å². The van der Waals surface area contributed by atoms with Gasteiger partial charge in [0, 0.05) is 29.3 Å². The Kier molecular flexibility index (Phi) is 7.32. The first-order chi connectivity index (χ1) is 10.3. The smallest absolute Gasteiger partial charge is 0.0897 e. The number of thiophene rings is 1. The molecule has 0 amide bonds. The van der Waals surface area contributed by atoms with Gasteiger partial charge in [-0.3, -0.25) is 0 Å². The third kappa shape index (κ3) is 6.23. The van der Waals surface area contributed by atoms with E-state index in [2.05, 4.69) is 27.8 Å². The Balaban J connectivity index is 1.47. The van der Waals surface area contributed by atoms with E-state index in [1.54, 1.807) is 22.7 Å². The van der Waals surface area contributed by atoms with E-state index >= 15 is 0 Å². The lowest BCUT2D eigenvalue weighted by Gasteiger charge is -2.12. The van der Waals surface area contributed by atoms with E-state index in [-0.39, 0.29) is 0 Å². The number of rotatable bonds is 10. The molecule has 0 spiro atoms. The number of hydrogen-bond acceptors (Lipinski definition) is 6. The molecule has 1 unspecified atom stereocenters. The van der Waals surface area contributed by atoms with Crippen molar-refractivity contribution in [3.05, 3.63) is 38.5 Å². The van der Waals surface area contributed by atoms with Crippen LogP contribution in [0.5, 0.6) is 0 Å². The normalized spacial score (nSPS) is 12.7. The van der Waals surface area contributed by atoms with Gasteiger partial charge in [-0.1, -0.05) is 6.07 Å². The molecule has 0 fully saturated rings. The predicted octanol–water partition coefficient (Wildman–Crippen LogP) is 2.27. The van der Waals surface area contributed by atoms with Crippen molar-refractivity contribution in [3.63, 3.8) is 0 Å². The fraction of sp³-hybridized carbons (Fsp3) is 0.533. The summed E-state index contributed by atoms with van der Waals surface area (Å²) in [7, 11) is 0. The molecule has 116 valence electrons. The molecule has 0 radical (unpaired) electrons. The molecule has 2 aromatic heterocycles. The van der Waals surface area contributed by atoms with Crippen LogP contribution in [0.1, 0.15) is 15.4 Å². The van der Waals surface area contributed by atoms with Crippen molar-refractivity contribution >= 4 is 22.7 Å². The number of hydrogen-bond donors (Lipinski definition) is 2. The van der Waals surface area contributed by atoms with Crippen molar-refractivity contribution in [2.75, 3.05) is 26.3 Å². The Labute approximate surface area is 133 Å². The van der Waals surface area contributed by atoms with Gasteiger partial charge in [0.25, 0.3) is 0 Å². The molecular formula is C15H22N2O2S2. The van der Waals surface area contributed by atoms with Gasteiger partial charge >= 0.3 is 0 Å². The lowest BCUT2D eigenvalue weighted by atomic mass is 10.3. The van der Waals surface area contributed by atoms with Crippen LogP contribution in [0.15, 0.2) is 23.0 Å². The molecule has 2 rings (SSSR count). The summed E-state index contributed by atoms with van der Waals surface area (Å²) in [5.41, 5.74) is 2.94. The average Bonchev–Trinajstić information content (AvgIpc) is 3.12. The monoisotopic (exact) mass is 326 g/mol. The number of ether oxygens (including phenoxy) is 1. The summed E-state index contributed by atoms with van der Waals surface area (Å²) in [5.74, 6) is 0. The van der Waals surface area contributed by atoms with Crippen LogP contribution >= 0.6 is 22.7 Å². The molecule has 2 aromatic rings. The standard InChI is InChI=1S/C15H22N2O2S2/c1-12-15(21-11-17-12)5-7-19-10-13(18)9-16-6-4-14-3-2-8-20-14/h2-3,8,11,13,16,18H,4-7,9-10H2,1H3. The van der Waals surface area contributed by atoms with Gasteiger partial charge in [0.2, 0.25) is 0 Å². The van der Waals surface area contributed by atoms with E-state index in [1.807, 2.05) is 12.4 Å². The summed E-state index contributed by atoms with van der Waals surface area (Å²) in [4.78, 5) is 6.84. The first-order valence-electron chi connectivity index (χ1n) is 7.13. The van der Waals surface area contributed by atoms with Gasteiger partial charge in [-0.25, -0.2) is 4.98 Å². The molecule has 0 aliphatic carbocycles. The Morgan fingerprint density at radius 3 is 3.00 bits per heavy atom. The van der Waals surface area contributed by atoms with Crippen molar-refractivity contribution in [1.29, 1.82) is 0 Å². The number of aryl methyl sites for hydroxylation is 1. The summed E-state index contributed by atoms with van der Waals surface area (Å²) < 4.78 is 5.52. The van der Waals surface area contributed by atoms with Gasteiger partial charge in [0.1, 0.15) is 0 Å². The molecule has 1 atom stereocenters. The molecule has 0 aliphatic heterocycles. The molecular weight excluding hydrogens is 304 g/mol. The predicted molar refractivity (Wildman–Crippen MR) is 88.3 cm³/mol. The first kappa shape index (κ1) is 16.6. The van der Waals surface area contributed by atoms with Crippen LogP contribution in [0.3, 0.4) is 0 Å². The molecule has 0 saturated carbocycles. The zero-order chi connectivity index (χ0) is 14.9. The summed E-state index contributed by atoms with van der Waals surface area (Å²) in [6.07, 6.45) is 1.43. The second-order valence-electron chi connectivity index (χ2n) is 4.87. The third-order valence-electron chi connectivity index (χ3n) is 3.14. The zero-order valence-corrected chi connectivity index (χ0v) is 13.9. The number of aliphatic hydroxyl groups is 1. The molecule has 0 aliphatic rings. The highest BCUT2D eigenvalue weighted by Crippen LogP contribution is 2.12. The second kappa shape index (κ2) is 9.27. The summed E-state index contributed by atoms with van der Waals surface area (Å²) in [5, 5.41) is 15.2. The van der Waals surface area contributed by atoms with Crippen molar-refractivity contribution in [1.82, 2.24) is 10.3 Å². The lowest BCUT2D eigenvalue weighted by Crippen LogP contribution is -2.31. The highest BCUT2D eigenvalue weighted by molar-refractivity contribution is 7.10. The average molecular weight is 326 g/mol. The summed E-state index contributed by atoms with van der Waals surface area (Å²) in [6, 6.07) is 4.20. The molecule has 0 aromatic carbocycles. The lowest BCUT2D eigenvalue weighted by molar-refractivity contribution is 0.0386. The van der Waals surface area contributed by atoms with Gasteiger partial charge in [-0.2, -0.15) is 0 Å². The van der Waals surface area contributed by atoms with Crippen LogP contribution in [0.25, 0.3) is 0 Å². The SMILES string of the molecule is Cc1ncsc1CCOCC(O)CNCCc1cccs1. The molecule has 0 saturated heterocycles. The van der Waals surface area contributed by atoms with Crippen molar-refractivity contribution < 1.29 is 9.84 Å². The van der Waals surface area contributed by atoms with Gasteiger partial charge in [-0.05, 0) is 24.8 Å². The Hall–Kier alpha value is -0.790. The number of aliphatic hydroxyl groups excluding tert-OH is 1.